The quantitative estimate of drug-likeness (QED) is 0.0969. The molecule has 12 heteroatoms. The zero-order chi connectivity index (χ0) is 35.2. The lowest BCUT2D eigenvalue weighted by atomic mass is 9.92. The highest BCUT2D eigenvalue weighted by molar-refractivity contribution is 5.75. The molecule has 1 aliphatic heterocycles. The molecule has 4 rings (SSSR count). The van der Waals surface area contributed by atoms with Crippen LogP contribution in [0.5, 0.6) is 5.75 Å². The van der Waals surface area contributed by atoms with Crippen molar-refractivity contribution in [1.29, 1.82) is 0 Å². The van der Waals surface area contributed by atoms with Crippen molar-refractivity contribution < 1.29 is 36.9 Å². The van der Waals surface area contributed by atoms with Crippen molar-refractivity contribution in [2.24, 2.45) is 5.92 Å². The van der Waals surface area contributed by atoms with E-state index in [0.29, 0.717) is 35.9 Å². The molecule has 1 saturated heterocycles. The van der Waals surface area contributed by atoms with Gasteiger partial charge in [-0.05, 0) is 92.6 Å². The van der Waals surface area contributed by atoms with Gasteiger partial charge in [-0.25, -0.2) is 4.39 Å². The third-order valence-electron chi connectivity index (χ3n) is 8.77. The standard InChI is InChI=1S/C36H45F4N3O5/c1-22(2)14-27(43-19-25(10-13-42-11-7-12-42)29(17-32(43)44)36(38,39)40)20-48-21-41-30(18-33(45)46)28-16-26(15-24(4)35(28)37)34-23(3)8-6-9-31(34)47-5/h6,8-9,15-17,19,22,27,30,41H,7,10-14,18,20-21H2,1-5H3,(H,45,46)/t27?,30-/m0/s1. The number of benzene rings is 2. The number of aryl methyl sites for hydroxylation is 2. The number of carboxylic acid groups (broad SMARTS) is 1. The average molecular weight is 676 g/mol. The summed E-state index contributed by atoms with van der Waals surface area (Å²) in [5, 5.41) is 12.7. The van der Waals surface area contributed by atoms with Crippen LogP contribution in [0.25, 0.3) is 11.1 Å². The Morgan fingerprint density at radius 2 is 1.83 bits per heavy atom. The molecule has 2 heterocycles. The number of rotatable bonds is 16. The summed E-state index contributed by atoms with van der Waals surface area (Å²) < 4.78 is 70.1. The fourth-order valence-corrected chi connectivity index (χ4v) is 6.23. The first-order valence-electron chi connectivity index (χ1n) is 16.2. The molecular formula is C36H45F4N3O5. The van der Waals surface area contributed by atoms with Crippen LogP contribution >= 0.6 is 0 Å². The van der Waals surface area contributed by atoms with E-state index in [2.05, 4.69) is 10.2 Å². The zero-order valence-electron chi connectivity index (χ0n) is 28.1. The van der Waals surface area contributed by atoms with E-state index in [-0.39, 0.29) is 36.8 Å². The number of carbonyl (C=O) groups is 1. The molecule has 0 amide bonds. The normalized spacial score (nSPS) is 15.0. The van der Waals surface area contributed by atoms with Crippen LogP contribution < -0.4 is 15.6 Å². The van der Waals surface area contributed by atoms with Gasteiger partial charge in [0.25, 0.3) is 5.56 Å². The fraction of sp³-hybridized carbons (Fsp3) is 0.500. The smallest absolute Gasteiger partial charge is 0.416 e. The number of likely N-dealkylation sites (tertiary alicyclic amines) is 1. The van der Waals surface area contributed by atoms with Gasteiger partial charge in [0.1, 0.15) is 11.6 Å². The van der Waals surface area contributed by atoms with Crippen LogP contribution in [0.4, 0.5) is 17.6 Å². The van der Waals surface area contributed by atoms with E-state index in [0.717, 1.165) is 30.6 Å². The van der Waals surface area contributed by atoms with Crippen LogP contribution in [0, 0.1) is 25.6 Å². The van der Waals surface area contributed by atoms with Crippen LogP contribution in [0.3, 0.4) is 0 Å². The molecule has 1 aliphatic rings. The molecule has 262 valence electrons. The van der Waals surface area contributed by atoms with Crippen LogP contribution in [0.15, 0.2) is 47.4 Å². The Labute approximate surface area is 278 Å². The molecule has 8 nitrogen and oxygen atoms in total. The molecule has 1 aromatic heterocycles. The van der Waals surface area contributed by atoms with E-state index in [1.54, 1.807) is 32.2 Å². The lowest BCUT2D eigenvalue weighted by Gasteiger charge is -2.31. The summed E-state index contributed by atoms with van der Waals surface area (Å²) in [5.74, 6) is -1.02. The van der Waals surface area contributed by atoms with Gasteiger partial charge in [0.2, 0.25) is 0 Å². The van der Waals surface area contributed by atoms with Crippen LogP contribution in [-0.4, -0.2) is 60.6 Å². The number of aromatic nitrogens is 1. The van der Waals surface area contributed by atoms with Crippen molar-refractivity contribution in [3.05, 3.63) is 86.6 Å². The number of methoxy groups -OCH3 is 1. The molecule has 1 fully saturated rings. The molecule has 0 radical (unpaired) electrons. The van der Waals surface area contributed by atoms with E-state index >= 15 is 4.39 Å². The Morgan fingerprint density at radius 3 is 2.44 bits per heavy atom. The first kappa shape index (κ1) is 37.1. The maximum atomic E-state index is 15.6. The van der Waals surface area contributed by atoms with Gasteiger partial charge in [0, 0.05) is 36.0 Å². The van der Waals surface area contributed by atoms with E-state index in [1.165, 1.54) is 10.8 Å². The second kappa shape index (κ2) is 16.1. The predicted octanol–water partition coefficient (Wildman–Crippen LogP) is 6.91. The molecule has 2 N–H and O–H groups in total. The van der Waals surface area contributed by atoms with E-state index in [4.69, 9.17) is 9.47 Å². The van der Waals surface area contributed by atoms with Crippen molar-refractivity contribution >= 4 is 5.97 Å². The molecule has 0 spiro atoms. The Kier molecular flexibility index (Phi) is 12.4. The van der Waals surface area contributed by atoms with Crippen molar-refractivity contribution in [2.75, 3.05) is 40.1 Å². The Hall–Kier alpha value is -3.74. The zero-order valence-corrected chi connectivity index (χ0v) is 28.1. The summed E-state index contributed by atoms with van der Waals surface area (Å²) in [6.07, 6.45) is -2.18. The number of ether oxygens (including phenoxy) is 2. The van der Waals surface area contributed by atoms with Gasteiger partial charge < -0.3 is 24.0 Å². The Balaban J connectivity index is 1.57. The predicted molar refractivity (Wildman–Crippen MR) is 176 cm³/mol. The minimum Gasteiger partial charge on any atom is -0.496 e. The first-order valence-corrected chi connectivity index (χ1v) is 16.2. The number of nitrogens with zero attached hydrogens (tertiary/aromatic N) is 2. The highest BCUT2D eigenvalue weighted by Gasteiger charge is 2.35. The largest absolute Gasteiger partial charge is 0.496 e. The van der Waals surface area contributed by atoms with E-state index in [1.807, 2.05) is 32.9 Å². The van der Waals surface area contributed by atoms with Gasteiger partial charge >= 0.3 is 12.1 Å². The molecule has 3 aromatic rings. The summed E-state index contributed by atoms with van der Waals surface area (Å²) in [6, 6.07) is 7.96. The second-order valence-corrected chi connectivity index (χ2v) is 12.9. The summed E-state index contributed by atoms with van der Waals surface area (Å²) >= 11 is 0. The average Bonchev–Trinajstić information content (AvgIpc) is 2.98. The van der Waals surface area contributed by atoms with Crippen LogP contribution in [-0.2, 0) is 22.1 Å². The van der Waals surface area contributed by atoms with Gasteiger partial charge in [0.15, 0.2) is 0 Å². The summed E-state index contributed by atoms with van der Waals surface area (Å²) in [7, 11) is 1.54. The molecule has 0 aliphatic carbocycles. The molecule has 0 saturated carbocycles. The number of alkyl halides is 3. The highest BCUT2D eigenvalue weighted by atomic mass is 19.4. The van der Waals surface area contributed by atoms with Gasteiger partial charge in [0.05, 0.1) is 38.5 Å². The third kappa shape index (κ3) is 9.24. The number of hydrogen-bond donors (Lipinski definition) is 2. The molecule has 2 aromatic carbocycles. The summed E-state index contributed by atoms with van der Waals surface area (Å²) in [4.78, 5) is 27.0. The van der Waals surface area contributed by atoms with Crippen molar-refractivity contribution in [3.63, 3.8) is 0 Å². The maximum Gasteiger partial charge on any atom is 0.416 e. The third-order valence-corrected chi connectivity index (χ3v) is 8.77. The molecule has 0 bridgehead atoms. The van der Waals surface area contributed by atoms with Gasteiger partial charge in [-0.2, -0.15) is 13.2 Å². The van der Waals surface area contributed by atoms with Crippen molar-refractivity contribution in [1.82, 2.24) is 14.8 Å². The number of nitrogens with one attached hydrogen (secondary N) is 1. The fourth-order valence-electron chi connectivity index (χ4n) is 6.23. The monoisotopic (exact) mass is 675 g/mol. The topological polar surface area (TPSA) is 93.0 Å². The number of hydrogen-bond acceptors (Lipinski definition) is 6. The number of halogens is 4. The molecule has 1 unspecified atom stereocenters. The van der Waals surface area contributed by atoms with Crippen LogP contribution in [0.2, 0.25) is 0 Å². The Bertz CT molecular complexity index is 1640. The molecule has 48 heavy (non-hydrogen) atoms. The highest BCUT2D eigenvalue weighted by Crippen LogP contribution is 2.37. The van der Waals surface area contributed by atoms with Gasteiger partial charge in [-0.15, -0.1) is 0 Å². The second-order valence-electron chi connectivity index (χ2n) is 12.9. The van der Waals surface area contributed by atoms with Crippen LogP contribution in [0.1, 0.15) is 73.0 Å². The maximum absolute atomic E-state index is 15.6. The Morgan fingerprint density at radius 1 is 1.10 bits per heavy atom. The SMILES string of the molecule is COc1cccc(C)c1-c1cc(C)c(F)c([C@H](CC(=O)O)NCOCC(CC(C)C)n2cc(CCN3CCC3)c(C(F)(F)F)cc2=O)c1. The number of aliphatic carboxylic acids is 1. The number of pyridine rings is 1. The molecular weight excluding hydrogens is 630 g/mol. The van der Waals surface area contributed by atoms with Gasteiger partial charge in [-0.3, -0.25) is 14.9 Å². The van der Waals surface area contributed by atoms with Crippen molar-refractivity contribution in [2.45, 2.75) is 71.6 Å². The minimum absolute atomic E-state index is 0.0379. The van der Waals surface area contributed by atoms with Crippen molar-refractivity contribution in [3.8, 4) is 16.9 Å². The van der Waals surface area contributed by atoms with Gasteiger partial charge in [-0.1, -0.05) is 26.0 Å². The molecule has 2 atom stereocenters. The number of carboxylic acids is 1. The van der Waals surface area contributed by atoms with E-state index < -0.39 is 47.6 Å². The summed E-state index contributed by atoms with van der Waals surface area (Å²) in [6.45, 7) is 9.31. The lowest BCUT2D eigenvalue weighted by Crippen LogP contribution is -2.39. The van der Waals surface area contributed by atoms with E-state index in [9.17, 15) is 27.9 Å². The lowest BCUT2D eigenvalue weighted by molar-refractivity contribution is -0.139. The first-order chi connectivity index (χ1) is 22.7. The minimum atomic E-state index is -4.66. The summed E-state index contributed by atoms with van der Waals surface area (Å²) in [5.41, 5.74) is 1.16.